The first kappa shape index (κ1) is 18.0. The minimum absolute atomic E-state index is 0.179. The minimum atomic E-state index is -0.360. The van der Waals surface area contributed by atoms with Gasteiger partial charge in [-0.1, -0.05) is 31.7 Å². The van der Waals surface area contributed by atoms with Gasteiger partial charge in [0.25, 0.3) is 0 Å². The van der Waals surface area contributed by atoms with Crippen molar-refractivity contribution < 1.29 is 14.4 Å². The number of hydrogen-bond acceptors (Lipinski definition) is 3. The highest BCUT2D eigenvalue weighted by Gasteiger charge is 2.16. The Morgan fingerprint density at radius 3 is 2.21 bits per heavy atom. The first-order valence-corrected chi connectivity index (χ1v) is 8.50. The van der Waals surface area contributed by atoms with Gasteiger partial charge in [-0.2, -0.15) is 0 Å². The van der Waals surface area contributed by atoms with Crippen LogP contribution in [-0.4, -0.2) is 23.8 Å². The fourth-order valence-electron chi connectivity index (χ4n) is 2.93. The molecule has 0 heterocycles. The van der Waals surface area contributed by atoms with Gasteiger partial charge < -0.3 is 16.0 Å². The average Bonchev–Trinajstić information content (AvgIpc) is 2.75. The molecule has 1 saturated carbocycles. The monoisotopic (exact) mass is 331 g/mol. The van der Waals surface area contributed by atoms with Crippen molar-refractivity contribution in [2.75, 3.05) is 10.6 Å². The van der Waals surface area contributed by atoms with E-state index >= 15 is 0 Å². The van der Waals surface area contributed by atoms with E-state index in [0.29, 0.717) is 11.4 Å². The third-order valence-corrected chi connectivity index (χ3v) is 4.01. The Hall–Kier alpha value is -2.37. The molecule has 0 atom stereocenters. The third-order valence-electron chi connectivity index (χ3n) is 4.01. The van der Waals surface area contributed by atoms with Crippen LogP contribution in [0.5, 0.6) is 0 Å². The maximum absolute atomic E-state index is 12.0. The van der Waals surface area contributed by atoms with Gasteiger partial charge in [0.05, 0.1) is 0 Å². The van der Waals surface area contributed by atoms with E-state index in [1.165, 1.54) is 19.8 Å². The molecule has 0 saturated heterocycles. The third kappa shape index (κ3) is 6.40. The van der Waals surface area contributed by atoms with Gasteiger partial charge in [0.1, 0.15) is 6.42 Å². The van der Waals surface area contributed by atoms with Gasteiger partial charge in [0.2, 0.25) is 17.7 Å². The van der Waals surface area contributed by atoms with Crippen molar-refractivity contribution >= 4 is 29.1 Å². The number of nitrogens with one attached hydrogen (secondary N) is 3. The molecule has 0 aliphatic heterocycles. The van der Waals surface area contributed by atoms with Gasteiger partial charge in [0.15, 0.2) is 0 Å². The lowest BCUT2D eigenvalue weighted by Gasteiger charge is -2.16. The molecule has 0 bridgehead atoms. The van der Waals surface area contributed by atoms with E-state index in [1.807, 2.05) is 0 Å². The van der Waals surface area contributed by atoms with Crippen LogP contribution in [0, 0.1) is 0 Å². The molecule has 2 rings (SSSR count). The summed E-state index contributed by atoms with van der Waals surface area (Å²) in [7, 11) is 0. The van der Waals surface area contributed by atoms with Gasteiger partial charge in [0, 0.05) is 24.3 Å². The van der Waals surface area contributed by atoms with Crippen molar-refractivity contribution in [3.8, 4) is 0 Å². The number of carbonyl (C=O) groups excluding carboxylic acids is 3. The second-order valence-electron chi connectivity index (χ2n) is 6.24. The lowest BCUT2D eigenvalue weighted by molar-refractivity contribution is -0.127. The summed E-state index contributed by atoms with van der Waals surface area (Å²) >= 11 is 0. The van der Waals surface area contributed by atoms with Crippen molar-refractivity contribution in [3.63, 3.8) is 0 Å². The van der Waals surface area contributed by atoms with E-state index in [0.717, 1.165) is 25.7 Å². The maximum Gasteiger partial charge on any atom is 0.233 e. The summed E-state index contributed by atoms with van der Waals surface area (Å²) in [5.74, 6) is -0.778. The average molecular weight is 331 g/mol. The van der Waals surface area contributed by atoms with Crippen LogP contribution in [-0.2, 0) is 14.4 Å². The van der Waals surface area contributed by atoms with Crippen LogP contribution in [0.4, 0.5) is 11.4 Å². The lowest BCUT2D eigenvalue weighted by atomic mass is 10.1. The summed E-state index contributed by atoms with van der Waals surface area (Å²) in [6.07, 6.45) is 6.49. The Morgan fingerprint density at radius 1 is 0.958 bits per heavy atom. The number of rotatable bonds is 5. The van der Waals surface area contributed by atoms with Crippen molar-refractivity contribution in [1.82, 2.24) is 5.32 Å². The fourth-order valence-corrected chi connectivity index (χ4v) is 2.93. The molecule has 130 valence electrons. The van der Waals surface area contributed by atoms with Crippen LogP contribution >= 0.6 is 0 Å². The van der Waals surface area contributed by atoms with E-state index in [-0.39, 0.29) is 30.2 Å². The molecule has 0 aromatic heterocycles. The highest BCUT2D eigenvalue weighted by atomic mass is 16.2. The molecule has 6 heteroatoms. The largest absolute Gasteiger partial charge is 0.353 e. The molecule has 1 aromatic carbocycles. The predicted octanol–water partition coefficient (Wildman–Crippen LogP) is 2.81. The highest BCUT2D eigenvalue weighted by Crippen LogP contribution is 2.18. The zero-order valence-corrected chi connectivity index (χ0v) is 14.1. The first-order chi connectivity index (χ1) is 11.5. The number of carbonyl (C=O) groups is 3. The second kappa shape index (κ2) is 9.05. The van der Waals surface area contributed by atoms with Gasteiger partial charge in [-0.05, 0) is 31.0 Å². The van der Waals surface area contributed by atoms with Gasteiger partial charge in [-0.25, -0.2) is 0 Å². The molecular formula is C18H25N3O3. The van der Waals surface area contributed by atoms with Crippen LogP contribution in [0.15, 0.2) is 24.3 Å². The molecule has 3 amide bonds. The van der Waals surface area contributed by atoms with Gasteiger partial charge in [-0.15, -0.1) is 0 Å². The van der Waals surface area contributed by atoms with Crippen molar-refractivity contribution in [2.24, 2.45) is 0 Å². The fraction of sp³-hybridized carbons (Fsp3) is 0.500. The zero-order valence-electron chi connectivity index (χ0n) is 14.1. The number of anilines is 2. The molecule has 1 fully saturated rings. The zero-order chi connectivity index (χ0) is 17.4. The normalized spacial score (nSPS) is 15.2. The van der Waals surface area contributed by atoms with E-state index in [9.17, 15) is 14.4 Å². The van der Waals surface area contributed by atoms with Crippen LogP contribution in [0.2, 0.25) is 0 Å². The highest BCUT2D eigenvalue weighted by molar-refractivity contribution is 6.04. The van der Waals surface area contributed by atoms with Crippen molar-refractivity contribution in [2.45, 2.75) is 57.9 Å². The molecule has 6 nitrogen and oxygen atoms in total. The standard InChI is InChI=1S/C18H25N3O3/c1-13(22)19-15-9-6-10-16(11-15)21-18(24)12-17(23)20-14-7-4-2-3-5-8-14/h6,9-11,14H,2-5,7-8,12H2,1H3,(H,19,22)(H,20,23)(H,21,24). The molecular weight excluding hydrogens is 306 g/mol. The summed E-state index contributed by atoms with van der Waals surface area (Å²) in [5, 5.41) is 8.29. The van der Waals surface area contributed by atoms with E-state index < -0.39 is 0 Å². The summed E-state index contributed by atoms with van der Waals surface area (Å²) in [6, 6.07) is 7.02. The Morgan fingerprint density at radius 2 is 1.58 bits per heavy atom. The lowest BCUT2D eigenvalue weighted by Crippen LogP contribution is -2.36. The Kier molecular flexibility index (Phi) is 6.78. The van der Waals surface area contributed by atoms with Crippen molar-refractivity contribution in [3.05, 3.63) is 24.3 Å². The SMILES string of the molecule is CC(=O)Nc1cccc(NC(=O)CC(=O)NC2CCCCCC2)c1. The van der Waals surface area contributed by atoms with Crippen LogP contribution in [0.25, 0.3) is 0 Å². The quantitative estimate of drug-likeness (QED) is 0.573. The molecule has 0 radical (unpaired) electrons. The van der Waals surface area contributed by atoms with Crippen LogP contribution < -0.4 is 16.0 Å². The second-order valence-corrected chi connectivity index (χ2v) is 6.24. The molecule has 3 N–H and O–H groups in total. The minimum Gasteiger partial charge on any atom is -0.353 e. The Bertz CT molecular complexity index is 593. The topological polar surface area (TPSA) is 87.3 Å². The predicted molar refractivity (Wildman–Crippen MR) is 93.6 cm³/mol. The number of amides is 3. The van der Waals surface area contributed by atoms with Crippen molar-refractivity contribution in [1.29, 1.82) is 0 Å². The van der Waals surface area contributed by atoms with E-state index in [2.05, 4.69) is 16.0 Å². The smallest absolute Gasteiger partial charge is 0.233 e. The molecule has 1 aromatic rings. The number of benzene rings is 1. The van der Waals surface area contributed by atoms with Crippen LogP contribution in [0.1, 0.15) is 51.9 Å². The maximum atomic E-state index is 12.0. The molecule has 0 unspecified atom stereocenters. The molecule has 24 heavy (non-hydrogen) atoms. The number of hydrogen-bond donors (Lipinski definition) is 3. The van der Waals surface area contributed by atoms with Crippen LogP contribution in [0.3, 0.4) is 0 Å². The molecule has 0 spiro atoms. The van der Waals surface area contributed by atoms with Gasteiger partial charge >= 0.3 is 0 Å². The summed E-state index contributed by atoms with van der Waals surface area (Å²) in [5.41, 5.74) is 1.15. The summed E-state index contributed by atoms with van der Waals surface area (Å²) in [6.45, 7) is 1.42. The first-order valence-electron chi connectivity index (χ1n) is 8.50. The summed E-state index contributed by atoms with van der Waals surface area (Å²) < 4.78 is 0. The summed E-state index contributed by atoms with van der Waals surface area (Å²) in [4.78, 5) is 35.1. The van der Waals surface area contributed by atoms with Gasteiger partial charge in [-0.3, -0.25) is 14.4 Å². The van der Waals surface area contributed by atoms with E-state index in [4.69, 9.17) is 0 Å². The Labute approximate surface area is 142 Å². The molecule has 1 aliphatic rings. The Balaban J connectivity index is 1.81. The molecule has 1 aliphatic carbocycles. The van der Waals surface area contributed by atoms with E-state index in [1.54, 1.807) is 24.3 Å².